The van der Waals surface area contributed by atoms with E-state index in [-0.39, 0.29) is 17.9 Å². The molecule has 0 aliphatic heterocycles. The first-order valence-corrected chi connectivity index (χ1v) is 6.55. The Morgan fingerprint density at radius 1 is 1.32 bits per heavy atom. The highest BCUT2D eigenvalue weighted by Crippen LogP contribution is 2.26. The van der Waals surface area contributed by atoms with Crippen molar-refractivity contribution in [3.8, 4) is 0 Å². The first-order chi connectivity index (χ1) is 8.93. The summed E-state index contributed by atoms with van der Waals surface area (Å²) in [6.45, 7) is 8.70. The number of nitrogens with zero attached hydrogens (tertiary/aromatic N) is 2. The van der Waals surface area contributed by atoms with Crippen molar-refractivity contribution in [1.29, 1.82) is 0 Å². The first-order valence-electron chi connectivity index (χ1n) is 6.55. The second-order valence-corrected chi connectivity index (χ2v) is 5.57. The number of benzene rings is 1. The average Bonchev–Trinajstić information content (AvgIpc) is 2.69. The molecule has 102 valence electrons. The minimum atomic E-state index is -0.226. The molecule has 0 aliphatic carbocycles. The van der Waals surface area contributed by atoms with Gasteiger partial charge in [0.25, 0.3) is 0 Å². The van der Waals surface area contributed by atoms with E-state index in [0.717, 1.165) is 16.9 Å². The van der Waals surface area contributed by atoms with Gasteiger partial charge in [-0.25, -0.2) is 4.98 Å². The number of para-hydroxylation sites is 2. The Labute approximate surface area is 113 Å². The van der Waals surface area contributed by atoms with Gasteiger partial charge in [-0.1, -0.05) is 32.9 Å². The third-order valence-electron chi connectivity index (χ3n) is 2.92. The molecule has 4 nitrogen and oxygen atoms in total. The minimum Gasteiger partial charge on any atom is -0.465 e. The number of aromatic nitrogens is 2. The molecule has 0 radical (unpaired) electrons. The Bertz CT molecular complexity index is 594. The van der Waals surface area contributed by atoms with E-state index in [1.54, 1.807) is 0 Å². The summed E-state index contributed by atoms with van der Waals surface area (Å²) in [7, 11) is 0. The molecule has 0 aliphatic rings. The van der Waals surface area contributed by atoms with Gasteiger partial charge < -0.3 is 9.30 Å². The number of carbonyl (C=O) groups is 1. The lowest BCUT2D eigenvalue weighted by Gasteiger charge is -2.19. The van der Waals surface area contributed by atoms with Crippen LogP contribution in [0.2, 0.25) is 0 Å². The third kappa shape index (κ3) is 2.78. The molecule has 4 heteroatoms. The SMILES string of the molecule is CCOC(=O)Cn1c(C(C)(C)C)nc2ccccc21. The normalized spacial score (nSPS) is 11.8. The van der Waals surface area contributed by atoms with Gasteiger partial charge in [0.05, 0.1) is 17.6 Å². The maximum Gasteiger partial charge on any atom is 0.326 e. The van der Waals surface area contributed by atoms with Crippen LogP contribution < -0.4 is 0 Å². The second-order valence-electron chi connectivity index (χ2n) is 5.57. The van der Waals surface area contributed by atoms with E-state index in [2.05, 4.69) is 25.8 Å². The zero-order valence-corrected chi connectivity index (χ0v) is 11.9. The number of rotatable bonds is 3. The topological polar surface area (TPSA) is 44.1 Å². The monoisotopic (exact) mass is 260 g/mol. The van der Waals surface area contributed by atoms with Crippen LogP contribution in [0.3, 0.4) is 0 Å². The lowest BCUT2D eigenvalue weighted by atomic mass is 9.95. The van der Waals surface area contributed by atoms with Crippen LogP contribution in [0.25, 0.3) is 11.0 Å². The summed E-state index contributed by atoms with van der Waals surface area (Å²) in [5.41, 5.74) is 1.77. The molecule has 19 heavy (non-hydrogen) atoms. The van der Waals surface area contributed by atoms with E-state index in [9.17, 15) is 4.79 Å². The molecule has 0 amide bonds. The first kappa shape index (κ1) is 13.6. The maximum atomic E-state index is 11.8. The average molecular weight is 260 g/mol. The Morgan fingerprint density at radius 2 is 2.00 bits per heavy atom. The van der Waals surface area contributed by atoms with Crippen molar-refractivity contribution in [2.24, 2.45) is 0 Å². The van der Waals surface area contributed by atoms with Gasteiger partial charge in [-0.15, -0.1) is 0 Å². The highest BCUT2D eigenvalue weighted by molar-refractivity contribution is 5.79. The number of carbonyl (C=O) groups excluding carboxylic acids is 1. The fraction of sp³-hybridized carbons (Fsp3) is 0.467. The van der Waals surface area contributed by atoms with Crippen molar-refractivity contribution < 1.29 is 9.53 Å². The van der Waals surface area contributed by atoms with E-state index < -0.39 is 0 Å². The standard InChI is InChI=1S/C15H20N2O2/c1-5-19-13(18)10-17-12-9-7-6-8-11(12)16-14(17)15(2,3)4/h6-9H,5,10H2,1-4H3. The van der Waals surface area contributed by atoms with Crippen LogP contribution in [0.15, 0.2) is 24.3 Å². The van der Waals surface area contributed by atoms with E-state index in [0.29, 0.717) is 6.61 Å². The highest BCUT2D eigenvalue weighted by atomic mass is 16.5. The number of fused-ring (bicyclic) bond motifs is 1. The molecule has 0 spiro atoms. The van der Waals surface area contributed by atoms with E-state index in [4.69, 9.17) is 4.74 Å². The Kier molecular flexibility index (Phi) is 3.60. The smallest absolute Gasteiger partial charge is 0.326 e. The van der Waals surface area contributed by atoms with Crippen molar-refractivity contribution in [2.45, 2.75) is 39.7 Å². The van der Waals surface area contributed by atoms with Crippen molar-refractivity contribution in [1.82, 2.24) is 9.55 Å². The number of hydrogen-bond donors (Lipinski definition) is 0. The van der Waals surface area contributed by atoms with Crippen molar-refractivity contribution in [3.63, 3.8) is 0 Å². The lowest BCUT2D eigenvalue weighted by Crippen LogP contribution is -2.22. The number of imidazole rings is 1. The Morgan fingerprint density at radius 3 is 2.63 bits per heavy atom. The Hall–Kier alpha value is -1.84. The summed E-state index contributed by atoms with van der Waals surface area (Å²) in [4.78, 5) is 16.4. The number of hydrogen-bond acceptors (Lipinski definition) is 3. The largest absolute Gasteiger partial charge is 0.465 e. The summed E-state index contributed by atoms with van der Waals surface area (Å²) >= 11 is 0. The van der Waals surface area contributed by atoms with Gasteiger partial charge in [0.1, 0.15) is 12.4 Å². The predicted molar refractivity (Wildman–Crippen MR) is 75.1 cm³/mol. The van der Waals surface area contributed by atoms with Crippen LogP contribution in [0.4, 0.5) is 0 Å². The van der Waals surface area contributed by atoms with Crippen LogP contribution >= 0.6 is 0 Å². The summed E-state index contributed by atoms with van der Waals surface area (Å²) < 4.78 is 7.00. The van der Waals surface area contributed by atoms with Gasteiger partial charge in [0.15, 0.2) is 0 Å². The van der Waals surface area contributed by atoms with Gasteiger partial charge in [0, 0.05) is 5.41 Å². The summed E-state index contributed by atoms with van der Waals surface area (Å²) in [5, 5.41) is 0. The van der Waals surface area contributed by atoms with Crippen LogP contribution in [0, 0.1) is 0 Å². The van der Waals surface area contributed by atoms with Gasteiger partial charge in [-0.05, 0) is 19.1 Å². The van der Waals surface area contributed by atoms with Crippen molar-refractivity contribution >= 4 is 17.0 Å². The van der Waals surface area contributed by atoms with Gasteiger partial charge in [0.2, 0.25) is 0 Å². The molecule has 0 fully saturated rings. The summed E-state index contributed by atoms with van der Waals surface area (Å²) in [6, 6.07) is 7.86. The van der Waals surface area contributed by atoms with E-state index in [1.807, 2.05) is 35.8 Å². The van der Waals surface area contributed by atoms with E-state index in [1.165, 1.54) is 0 Å². The van der Waals surface area contributed by atoms with Gasteiger partial charge in [-0.2, -0.15) is 0 Å². The van der Waals surface area contributed by atoms with Crippen molar-refractivity contribution in [3.05, 3.63) is 30.1 Å². The molecule has 0 saturated heterocycles. The third-order valence-corrected chi connectivity index (χ3v) is 2.92. The highest BCUT2D eigenvalue weighted by Gasteiger charge is 2.24. The molecule has 0 bridgehead atoms. The minimum absolute atomic E-state index is 0.120. The van der Waals surface area contributed by atoms with Crippen LogP contribution in [-0.4, -0.2) is 22.1 Å². The molecular formula is C15H20N2O2. The maximum absolute atomic E-state index is 11.8. The molecule has 1 aromatic heterocycles. The van der Waals surface area contributed by atoms with Gasteiger partial charge >= 0.3 is 5.97 Å². The molecule has 2 rings (SSSR count). The molecule has 0 unspecified atom stereocenters. The zero-order valence-electron chi connectivity index (χ0n) is 11.9. The molecule has 0 N–H and O–H groups in total. The zero-order chi connectivity index (χ0) is 14.0. The summed E-state index contributed by atoms with van der Waals surface area (Å²) in [6.07, 6.45) is 0. The van der Waals surface area contributed by atoms with Gasteiger partial charge in [-0.3, -0.25) is 4.79 Å². The molecule has 1 heterocycles. The summed E-state index contributed by atoms with van der Waals surface area (Å²) in [5.74, 6) is 0.679. The molecule has 2 aromatic rings. The predicted octanol–water partition coefficient (Wildman–Crippen LogP) is 2.90. The molecule has 0 atom stereocenters. The second kappa shape index (κ2) is 5.03. The Balaban J connectivity index is 2.52. The molecule has 1 aromatic carbocycles. The fourth-order valence-electron chi connectivity index (χ4n) is 2.14. The van der Waals surface area contributed by atoms with Crippen molar-refractivity contribution in [2.75, 3.05) is 6.61 Å². The lowest BCUT2D eigenvalue weighted by molar-refractivity contribution is -0.143. The van der Waals surface area contributed by atoms with Crippen LogP contribution in [0.5, 0.6) is 0 Å². The van der Waals surface area contributed by atoms with Crippen LogP contribution in [-0.2, 0) is 21.5 Å². The molecule has 0 saturated carbocycles. The number of ether oxygens (including phenoxy) is 1. The molecular weight excluding hydrogens is 240 g/mol. The number of esters is 1. The van der Waals surface area contributed by atoms with Crippen LogP contribution in [0.1, 0.15) is 33.5 Å². The van der Waals surface area contributed by atoms with E-state index >= 15 is 0 Å². The quantitative estimate of drug-likeness (QED) is 0.797. The fourth-order valence-corrected chi connectivity index (χ4v) is 2.14.